The van der Waals surface area contributed by atoms with Crippen LogP contribution in [0.2, 0.25) is 0 Å². The van der Waals surface area contributed by atoms with Crippen molar-refractivity contribution < 1.29 is 33.4 Å². The number of rotatable bonds is 12. The van der Waals surface area contributed by atoms with Crippen LogP contribution in [-0.2, 0) is 33.4 Å². The zero-order valence-electron chi connectivity index (χ0n) is 14.3. The molecule has 0 saturated heterocycles. The maximum atomic E-state index is 11.4. The third-order valence-electron chi connectivity index (χ3n) is 2.73. The molecule has 0 spiro atoms. The number of hydrogen-bond acceptors (Lipinski definition) is 7. The molecule has 0 saturated carbocycles. The molecule has 7 nitrogen and oxygen atoms in total. The van der Waals surface area contributed by atoms with Gasteiger partial charge in [0.15, 0.2) is 0 Å². The van der Waals surface area contributed by atoms with Crippen LogP contribution in [-0.4, -0.2) is 48.9 Å². The topological polar surface area (TPSA) is 96.0 Å². The zero-order chi connectivity index (χ0) is 17.8. The van der Waals surface area contributed by atoms with E-state index in [9.17, 15) is 19.2 Å². The van der Waals surface area contributed by atoms with E-state index in [1.54, 1.807) is 13.8 Å². The molecule has 0 aromatic rings. The Morgan fingerprint density at radius 2 is 1.04 bits per heavy atom. The van der Waals surface area contributed by atoms with Gasteiger partial charge in [-0.25, -0.2) is 0 Å². The predicted molar refractivity (Wildman–Crippen MR) is 81.8 cm³/mol. The van der Waals surface area contributed by atoms with Crippen LogP contribution in [0.5, 0.6) is 0 Å². The van der Waals surface area contributed by atoms with Crippen LogP contribution in [0.25, 0.3) is 0 Å². The summed E-state index contributed by atoms with van der Waals surface area (Å²) in [5.41, 5.74) is 0. The summed E-state index contributed by atoms with van der Waals surface area (Å²) in [6, 6.07) is 0. The lowest BCUT2D eigenvalue weighted by Gasteiger charge is -2.16. The van der Waals surface area contributed by atoms with Gasteiger partial charge in [-0.3, -0.25) is 9.59 Å². The van der Waals surface area contributed by atoms with Gasteiger partial charge in [0.1, 0.15) is 23.8 Å². The molecule has 0 bridgehead atoms. The van der Waals surface area contributed by atoms with Crippen LogP contribution in [0.15, 0.2) is 0 Å². The molecule has 0 aromatic heterocycles. The van der Waals surface area contributed by atoms with E-state index in [0.717, 1.165) is 0 Å². The fourth-order valence-electron chi connectivity index (χ4n) is 1.59. The molecule has 0 aliphatic heterocycles. The molecule has 0 aliphatic rings. The van der Waals surface area contributed by atoms with Gasteiger partial charge in [0.05, 0.1) is 26.1 Å². The summed E-state index contributed by atoms with van der Waals surface area (Å²) < 4.78 is 15.5. The van der Waals surface area contributed by atoms with Crippen molar-refractivity contribution in [3.63, 3.8) is 0 Å². The second kappa shape index (κ2) is 11.8. The Kier molecular flexibility index (Phi) is 10.9. The molecule has 0 amide bonds. The normalized spacial score (nSPS) is 13.0. The third kappa shape index (κ3) is 13.6. The Bertz CT molecular complexity index is 379. The number of hydrogen-bond donors (Lipinski definition) is 0. The van der Waals surface area contributed by atoms with Gasteiger partial charge in [0, 0.05) is 12.8 Å². The van der Waals surface area contributed by atoms with E-state index in [0.29, 0.717) is 0 Å². The summed E-state index contributed by atoms with van der Waals surface area (Å²) in [5.74, 6) is -1.02. The monoisotopic (exact) mass is 330 g/mol. The summed E-state index contributed by atoms with van der Waals surface area (Å²) in [6.07, 6.45) is -0.447. The Morgan fingerprint density at radius 3 is 1.35 bits per heavy atom. The van der Waals surface area contributed by atoms with E-state index in [1.165, 1.54) is 13.8 Å². The molecule has 132 valence electrons. The van der Waals surface area contributed by atoms with Gasteiger partial charge in [0.25, 0.3) is 0 Å². The van der Waals surface area contributed by atoms with Crippen molar-refractivity contribution in [3.05, 3.63) is 0 Å². The Labute approximate surface area is 136 Å². The highest BCUT2D eigenvalue weighted by Gasteiger charge is 2.13. The molecule has 0 aromatic carbocycles. The second-order valence-electron chi connectivity index (χ2n) is 5.54. The van der Waals surface area contributed by atoms with Crippen LogP contribution in [0.3, 0.4) is 0 Å². The van der Waals surface area contributed by atoms with Crippen LogP contribution in [0.4, 0.5) is 0 Å². The fraction of sp³-hybridized carbons (Fsp3) is 0.750. The lowest BCUT2D eigenvalue weighted by atomic mass is 10.2. The Morgan fingerprint density at radius 1 is 0.696 bits per heavy atom. The van der Waals surface area contributed by atoms with E-state index in [2.05, 4.69) is 0 Å². The first-order valence-electron chi connectivity index (χ1n) is 7.66. The predicted octanol–water partition coefficient (Wildman–Crippen LogP) is 1.60. The number of esters is 2. The maximum Gasteiger partial charge on any atom is 0.306 e. The van der Waals surface area contributed by atoms with Gasteiger partial charge in [0.2, 0.25) is 0 Å². The van der Waals surface area contributed by atoms with E-state index in [1.807, 2.05) is 0 Å². The third-order valence-corrected chi connectivity index (χ3v) is 2.73. The average molecular weight is 330 g/mol. The average Bonchev–Trinajstić information content (AvgIpc) is 2.42. The molecule has 0 rings (SSSR count). The molecule has 23 heavy (non-hydrogen) atoms. The summed E-state index contributed by atoms with van der Waals surface area (Å²) in [5, 5.41) is 0. The largest absolute Gasteiger partial charge is 0.460 e. The summed E-state index contributed by atoms with van der Waals surface area (Å²) in [4.78, 5) is 44.3. The van der Waals surface area contributed by atoms with Crippen LogP contribution in [0.1, 0.15) is 53.4 Å². The highest BCUT2D eigenvalue weighted by molar-refractivity contribution is 5.81. The first kappa shape index (κ1) is 21.2. The van der Waals surface area contributed by atoms with E-state index >= 15 is 0 Å². The maximum absolute atomic E-state index is 11.4. The van der Waals surface area contributed by atoms with E-state index in [4.69, 9.17) is 14.2 Å². The quantitative estimate of drug-likeness (QED) is 0.501. The molecule has 0 aliphatic carbocycles. The van der Waals surface area contributed by atoms with Crippen molar-refractivity contribution in [1.29, 1.82) is 0 Å². The van der Waals surface area contributed by atoms with Gasteiger partial charge in [-0.15, -0.1) is 0 Å². The minimum Gasteiger partial charge on any atom is -0.460 e. The summed E-state index contributed by atoms with van der Waals surface area (Å²) >= 11 is 0. The number of carbonyl (C=O) groups is 4. The lowest BCUT2D eigenvalue weighted by Crippen LogP contribution is -2.25. The molecular weight excluding hydrogens is 304 g/mol. The smallest absolute Gasteiger partial charge is 0.306 e. The van der Waals surface area contributed by atoms with Gasteiger partial charge in [-0.1, -0.05) is 0 Å². The van der Waals surface area contributed by atoms with Gasteiger partial charge < -0.3 is 23.8 Å². The zero-order valence-corrected chi connectivity index (χ0v) is 14.3. The first-order chi connectivity index (χ1) is 10.7. The minimum absolute atomic E-state index is 0.0594. The highest BCUT2D eigenvalue weighted by Crippen LogP contribution is 2.02. The van der Waals surface area contributed by atoms with Gasteiger partial charge in [-0.2, -0.15) is 0 Å². The number of carbonyl (C=O) groups excluding carboxylic acids is 4. The second-order valence-corrected chi connectivity index (χ2v) is 5.54. The SMILES string of the molecule is CC(=O)CCC(=O)OC(C)COCC(C)OC(=O)CCC(C)=O. The van der Waals surface area contributed by atoms with Crippen molar-refractivity contribution in [2.75, 3.05) is 13.2 Å². The first-order valence-corrected chi connectivity index (χ1v) is 7.66. The highest BCUT2D eigenvalue weighted by atomic mass is 16.6. The van der Waals surface area contributed by atoms with Gasteiger partial charge in [-0.05, 0) is 27.7 Å². The summed E-state index contributed by atoms with van der Waals surface area (Å²) in [7, 11) is 0. The van der Waals surface area contributed by atoms with Crippen molar-refractivity contribution in [1.82, 2.24) is 0 Å². The number of Topliss-reactive ketones (excluding diaryl/α,β-unsaturated/α-hetero) is 2. The van der Waals surface area contributed by atoms with Crippen molar-refractivity contribution in [2.45, 2.75) is 65.6 Å². The van der Waals surface area contributed by atoms with Crippen LogP contribution in [0, 0.1) is 0 Å². The molecular formula is C16H26O7. The standard InChI is InChI=1S/C16H26O7/c1-11(17)5-7-15(19)22-13(3)9-21-10-14(4)23-16(20)8-6-12(2)18/h13-14H,5-10H2,1-4H3. The molecule has 0 radical (unpaired) electrons. The summed E-state index contributed by atoms with van der Waals surface area (Å²) in [6.45, 7) is 6.52. The van der Waals surface area contributed by atoms with Crippen molar-refractivity contribution in [3.8, 4) is 0 Å². The van der Waals surface area contributed by atoms with Crippen molar-refractivity contribution in [2.24, 2.45) is 0 Å². The van der Waals surface area contributed by atoms with Crippen LogP contribution >= 0.6 is 0 Å². The lowest BCUT2D eigenvalue weighted by molar-refractivity contribution is -0.155. The van der Waals surface area contributed by atoms with Crippen LogP contribution < -0.4 is 0 Å². The van der Waals surface area contributed by atoms with Gasteiger partial charge >= 0.3 is 11.9 Å². The van der Waals surface area contributed by atoms with Crippen molar-refractivity contribution >= 4 is 23.5 Å². The molecule has 0 heterocycles. The number of ether oxygens (including phenoxy) is 3. The Balaban J connectivity index is 3.79. The molecule has 2 atom stereocenters. The molecule has 0 fully saturated rings. The molecule has 0 N–H and O–H groups in total. The Hall–Kier alpha value is -1.76. The van der Waals surface area contributed by atoms with E-state index < -0.39 is 24.1 Å². The molecule has 2 unspecified atom stereocenters. The number of ketones is 2. The molecule has 7 heteroatoms. The van der Waals surface area contributed by atoms with E-state index in [-0.39, 0.29) is 50.5 Å². The minimum atomic E-state index is -0.449. The fourth-order valence-corrected chi connectivity index (χ4v) is 1.59.